The minimum Gasteiger partial charge on any atom is -0.463 e. The zero-order valence-electron chi connectivity index (χ0n) is 23.3. The summed E-state index contributed by atoms with van der Waals surface area (Å²) in [6.45, 7) is 19.9. The largest absolute Gasteiger partial charge is 0.463 e. The van der Waals surface area contributed by atoms with Crippen LogP contribution < -0.4 is 0 Å². The number of esters is 1. The van der Waals surface area contributed by atoms with Crippen molar-refractivity contribution in [1.29, 1.82) is 0 Å². The fourth-order valence-corrected chi connectivity index (χ4v) is 5.43. The predicted molar refractivity (Wildman–Crippen MR) is 141 cm³/mol. The lowest BCUT2D eigenvalue weighted by molar-refractivity contribution is -0.219. The molecule has 0 aromatic rings. The smallest absolute Gasteiger partial charge is 0.320 e. The zero-order chi connectivity index (χ0) is 25.6. The van der Waals surface area contributed by atoms with Gasteiger partial charge < -0.3 is 18.9 Å². The van der Waals surface area contributed by atoms with Crippen molar-refractivity contribution in [2.45, 2.75) is 71.2 Å². The highest BCUT2D eigenvalue weighted by Crippen LogP contribution is 2.21. The number of likely N-dealkylation sites (tertiary alicyclic amines) is 2. The molecule has 0 bridgehead atoms. The van der Waals surface area contributed by atoms with Gasteiger partial charge in [0.25, 0.3) is 0 Å². The predicted octanol–water partition coefficient (Wildman–Crippen LogP) is 2.25. The first-order valence-corrected chi connectivity index (χ1v) is 14.4. The topological polar surface area (TPSA) is 67.0 Å². The second-order valence-corrected chi connectivity index (χ2v) is 10.9. The molecular formula is C27H52N4O5. The van der Waals surface area contributed by atoms with Gasteiger partial charge in [0.1, 0.15) is 18.6 Å². The van der Waals surface area contributed by atoms with Gasteiger partial charge in [-0.3, -0.25) is 24.4 Å². The van der Waals surface area contributed by atoms with Crippen molar-refractivity contribution >= 4 is 5.97 Å². The molecular weight excluding hydrogens is 460 g/mol. The van der Waals surface area contributed by atoms with Crippen LogP contribution in [0.1, 0.15) is 59.3 Å². The first-order valence-electron chi connectivity index (χ1n) is 14.4. The number of hydrogen-bond acceptors (Lipinski definition) is 9. The van der Waals surface area contributed by atoms with Crippen LogP contribution in [-0.2, 0) is 23.7 Å². The molecule has 9 heteroatoms. The molecule has 36 heavy (non-hydrogen) atoms. The SMILES string of the molecule is CC(OC(C)(C)N1CCOCC1)N1CCOCC1.O=C(CN1CCCCC1)OCCN1CCCCC1. The Morgan fingerprint density at radius 2 is 1.31 bits per heavy atom. The average molecular weight is 513 g/mol. The summed E-state index contributed by atoms with van der Waals surface area (Å²) in [7, 11) is 0. The van der Waals surface area contributed by atoms with Crippen LogP contribution in [0.25, 0.3) is 0 Å². The molecule has 4 aliphatic heterocycles. The third kappa shape index (κ3) is 10.9. The quantitative estimate of drug-likeness (QED) is 0.433. The number of rotatable bonds is 9. The van der Waals surface area contributed by atoms with Crippen molar-refractivity contribution in [3.05, 3.63) is 0 Å². The summed E-state index contributed by atoms with van der Waals surface area (Å²) in [6, 6.07) is 0. The molecule has 0 radical (unpaired) electrons. The normalized spacial score (nSPS) is 24.5. The molecule has 0 aliphatic carbocycles. The van der Waals surface area contributed by atoms with Gasteiger partial charge in [0.15, 0.2) is 0 Å². The van der Waals surface area contributed by atoms with Crippen molar-refractivity contribution in [2.24, 2.45) is 0 Å². The van der Waals surface area contributed by atoms with Crippen LogP contribution in [0.2, 0.25) is 0 Å². The molecule has 1 atom stereocenters. The van der Waals surface area contributed by atoms with Crippen molar-refractivity contribution in [3.8, 4) is 0 Å². The van der Waals surface area contributed by atoms with Gasteiger partial charge in [-0.2, -0.15) is 0 Å². The second-order valence-electron chi connectivity index (χ2n) is 10.9. The van der Waals surface area contributed by atoms with E-state index in [4.69, 9.17) is 18.9 Å². The molecule has 4 saturated heterocycles. The van der Waals surface area contributed by atoms with E-state index in [-0.39, 0.29) is 17.9 Å². The minimum atomic E-state index is -0.235. The highest BCUT2D eigenvalue weighted by molar-refractivity contribution is 5.71. The highest BCUT2D eigenvalue weighted by Gasteiger charge is 2.32. The van der Waals surface area contributed by atoms with Gasteiger partial charge >= 0.3 is 5.97 Å². The monoisotopic (exact) mass is 512 g/mol. The summed E-state index contributed by atoms with van der Waals surface area (Å²) in [5.74, 6) is -0.0473. The standard InChI is InChI=1S/C14H26N2O2.C13H26N2O3/c17-14(13-16-9-5-2-6-10-16)18-12-11-15-7-3-1-4-8-15;1-12(14-4-8-16-9-5-14)18-13(2,3)15-6-10-17-11-7-15/h1-13H2;12H,4-11H2,1-3H3. The first kappa shape index (κ1) is 29.7. The summed E-state index contributed by atoms with van der Waals surface area (Å²) < 4.78 is 22.3. The third-order valence-corrected chi connectivity index (χ3v) is 7.71. The lowest BCUT2D eigenvalue weighted by Gasteiger charge is -2.44. The van der Waals surface area contributed by atoms with E-state index in [2.05, 4.69) is 40.4 Å². The van der Waals surface area contributed by atoms with E-state index in [1.165, 1.54) is 51.6 Å². The van der Waals surface area contributed by atoms with Crippen molar-refractivity contribution < 1.29 is 23.7 Å². The summed E-state index contributed by atoms with van der Waals surface area (Å²) >= 11 is 0. The van der Waals surface area contributed by atoms with E-state index < -0.39 is 0 Å². The highest BCUT2D eigenvalue weighted by atomic mass is 16.5. The van der Waals surface area contributed by atoms with Crippen LogP contribution >= 0.6 is 0 Å². The molecule has 0 N–H and O–H groups in total. The Bertz CT molecular complexity index is 599. The molecule has 0 aromatic heterocycles. The maximum absolute atomic E-state index is 11.7. The lowest BCUT2D eigenvalue weighted by Crippen LogP contribution is -2.55. The Morgan fingerprint density at radius 3 is 1.89 bits per heavy atom. The van der Waals surface area contributed by atoms with Gasteiger partial charge in [-0.05, 0) is 72.6 Å². The lowest BCUT2D eigenvalue weighted by atomic mass is 10.1. The van der Waals surface area contributed by atoms with Crippen LogP contribution in [0.3, 0.4) is 0 Å². The molecule has 0 amide bonds. The number of carbonyl (C=O) groups excluding carboxylic acids is 1. The molecule has 4 fully saturated rings. The summed E-state index contributed by atoms with van der Waals surface area (Å²) in [4.78, 5) is 21.0. The van der Waals surface area contributed by atoms with E-state index in [0.717, 1.165) is 72.2 Å². The number of carbonyl (C=O) groups is 1. The van der Waals surface area contributed by atoms with Gasteiger partial charge in [0.05, 0.1) is 33.0 Å². The molecule has 0 aromatic carbocycles. The number of nitrogens with zero attached hydrogens (tertiary/aromatic N) is 4. The van der Waals surface area contributed by atoms with Crippen molar-refractivity contribution in [1.82, 2.24) is 19.6 Å². The van der Waals surface area contributed by atoms with Gasteiger partial charge in [0, 0.05) is 32.7 Å². The third-order valence-electron chi connectivity index (χ3n) is 7.71. The zero-order valence-corrected chi connectivity index (χ0v) is 23.3. The van der Waals surface area contributed by atoms with Crippen LogP contribution in [0.5, 0.6) is 0 Å². The average Bonchev–Trinajstić information content (AvgIpc) is 2.91. The molecule has 4 heterocycles. The van der Waals surface area contributed by atoms with Crippen LogP contribution in [-0.4, -0.2) is 136 Å². The Balaban J connectivity index is 0.000000201. The molecule has 0 spiro atoms. The Labute approximate surface area is 219 Å². The number of hydrogen-bond donors (Lipinski definition) is 0. The second kappa shape index (κ2) is 16.2. The number of piperidine rings is 2. The summed E-state index contributed by atoms with van der Waals surface area (Å²) in [5, 5.41) is 0. The maximum atomic E-state index is 11.7. The molecule has 4 rings (SSSR count). The molecule has 9 nitrogen and oxygen atoms in total. The molecule has 4 aliphatic rings. The van der Waals surface area contributed by atoms with Crippen LogP contribution in [0.4, 0.5) is 0 Å². The Kier molecular flexibility index (Phi) is 13.4. The fourth-order valence-electron chi connectivity index (χ4n) is 5.43. The molecule has 1 unspecified atom stereocenters. The summed E-state index contributed by atoms with van der Waals surface area (Å²) in [5.41, 5.74) is -0.235. The van der Waals surface area contributed by atoms with E-state index in [9.17, 15) is 4.79 Å². The number of ether oxygens (including phenoxy) is 4. The Hall–Kier alpha value is -0.810. The fraction of sp³-hybridized carbons (Fsp3) is 0.963. The van der Waals surface area contributed by atoms with Gasteiger partial charge in [-0.15, -0.1) is 0 Å². The molecule has 210 valence electrons. The number of morpholine rings is 2. The van der Waals surface area contributed by atoms with E-state index in [1.54, 1.807) is 0 Å². The van der Waals surface area contributed by atoms with E-state index in [1.807, 2.05) is 0 Å². The van der Waals surface area contributed by atoms with Gasteiger partial charge in [-0.25, -0.2) is 0 Å². The van der Waals surface area contributed by atoms with Gasteiger partial charge in [0.2, 0.25) is 0 Å². The van der Waals surface area contributed by atoms with E-state index in [0.29, 0.717) is 13.2 Å². The van der Waals surface area contributed by atoms with E-state index >= 15 is 0 Å². The van der Waals surface area contributed by atoms with Crippen molar-refractivity contribution in [3.63, 3.8) is 0 Å². The molecule has 0 saturated carbocycles. The van der Waals surface area contributed by atoms with Crippen LogP contribution in [0, 0.1) is 0 Å². The van der Waals surface area contributed by atoms with Gasteiger partial charge in [-0.1, -0.05) is 12.8 Å². The van der Waals surface area contributed by atoms with Crippen LogP contribution in [0.15, 0.2) is 0 Å². The Morgan fingerprint density at radius 1 is 0.778 bits per heavy atom. The minimum absolute atomic E-state index is 0.0473. The summed E-state index contributed by atoms with van der Waals surface area (Å²) in [6.07, 6.45) is 7.82. The van der Waals surface area contributed by atoms with Crippen molar-refractivity contribution in [2.75, 3.05) is 98.5 Å². The first-order chi connectivity index (χ1) is 17.4. The maximum Gasteiger partial charge on any atom is 0.320 e.